The highest BCUT2D eigenvalue weighted by Crippen LogP contribution is 2.25. The molecule has 118 valence electrons. The Hall–Kier alpha value is -1.14. The van der Waals surface area contributed by atoms with Crippen molar-refractivity contribution in [3.05, 3.63) is 29.8 Å². The van der Waals surface area contributed by atoms with Gasteiger partial charge in [0.25, 0.3) is 0 Å². The van der Waals surface area contributed by atoms with Crippen LogP contribution in [0, 0.1) is 0 Å². The summed E-state index contributed by atoms with van der Waals surface area (Å²) in [5, 5.41) is 0. The van der Waals surface area contributed by atoms with Crippen LogP contribution in [0.1, 0.15) is 32.4 Å². The third kappa shape index (κ3) is 4.17. The van der Waals surface area contributed by atoms with Crippen LogP contribution in [0.4, 0.5) is 0 Å². The molecule has 21 heavy (non-hydrogen) atoms. The summed E-state index contributed by atoms with van der Waals surface area (Å²) in [5.41, 5.74) is 4.01. The molecule has 3 N–H and O–H groups in total. The molecular formula is C16H27N3O2. The molecule has 0 amide bonds. The molecule has 0 radical (unpaired) electrons. The van der Waals surface area contributed by atoms with Gasteiger partial charge >= 0.3 is 0 Å². The number of hydrogen-bond acceptors (Lipinski definition) is 5. The second-order valence-electron chi connectivity index (χ2n) is 5.65. The molecule has 2 unspecified atom stereocenters. The number of nitrogens with zero attached hydrogens (tertiary/aromatic N) is 1. The molecular weight excluding hydrogens is 266 g/mol. The maximum atomic E-state index is 5.94. The number of nitrogens with two attached hydrogens (primary N) is 1. The molecule has 5 nitrogen and oxygen atoms in total. The van der Waals surface area contributed by atoms with Gasteiger partial charge in [-0.15, -0.1) is 0 Å². The molecule has 1 aliphatic heterocycles. The third-order valence-corrected chi connectivity index (χ3v) is 3.93. The van der Waals surface area contributed by atoms with Crippen molar-refractivity contribution in [2.45, 2.75) is 39.0 Å². The minimum absolute atomic E-state index is 0.0352. The maximum absolute atomic E-state index is 5.94. The zero-order valence-electron chi connectivity index (χ0n) is 13.2. The first-order chi connectivity index (χ1) is 10.2. The van der Waals surface area contributed by atoms with Crippen molar-refractivity contribution in [1.29, 1.82) is 0 Å². The van der Waals surface area contributed by atoms with Gasteiger partial charge in [0, 0.05) is 19.1 Å². The van der Waals surface area contributed by atoms with Crippen molar-refractivity contribution >= 4 is 0 Å². The second kappa shape index (κ2) is 7.75. The molecule has 5 heteroatoms. The molecule has 0 saturated carbocycles. The Balaban J connectivity index is 2.13. The summed E-state index contributed by atoms with van der Waals surface area (Å²) in [6.07, 6.45) is 0.0445. The van der Waals surface area contributed by atoms with E-state index in [0.717, 1.165) is 31.0 Å². The Bertz CT molecular complexity index is 439. The maximum Gasteiger partial charge on any atom is 0.119 e. The Labute approximate surface area is 127 Å². The summed E-state index contributed by atoms with van der Waals surface area (Å²) < 4.78 is 11.5. The molecule has 0 aliphatic carbocycles. The van der Waals surface area contributed by atoms with Crippen LogP contribution in [0.25, 0.3) is 0 Å². The molecule has 0 aromatic heterocycles. The smallest absolute Gasteiger partial charge is 0.119 e. The van der Waals surface area contributed by atoms with E-state index in [1.54, 1.807) is 0 Å². The van der Waals surface area contributed by atoms with Crippen LogP contribution in [-0.4, -0.2) is 43.3 Å². The lowest BCUT2D eigenvalue weighted by molar-refractivity contribution is -0.0561. The normalized spacial score (nSPS) is 21.5. The van der Waals surface area contributed by atoms with Crippen LogP contribution in [0.15, 0.2) is 24.3 Å². The fraction of sp³-hybridized carbons (Fsp3) is 0.625. The fourth-order valence-corrected chi connectivity index (χ4v) is 2.75. The van der Waals surface area contributed by atoms with Crippen LogP contribution in [0.5, 0.6) is 5.75 Å². The molecule has 2 rings (SSSR count). The summed E-state index contributed by atoms with van der Waals surface area (Å²) in [4.78, 5) is 2.42. The third-order valence-electron chi connectivity index (χ3n) is 3.93. The number of rotatable bonds is 6. The summed E-state index contributed by atoms with van der Waals surface area (Å²) in [6, 6.07) is 8.53. The number of hydrogen-bond donors (Lipinski definition) is 2. The summed E-state index contributed by atoms with van der Waals surface area (Å²) in [7, 11) is 0. The van der Waals surface area contributed by atoms with E-state index in [2.05, 4.69) is 30.2 Å². The first-order valence-corrected chi connectivity index (χ1v) is 7.70. The first-order valence-electron chi connectivity index (χ1n) is 7.70. The zero-order chi connectivity index (χ0) is 15.2. The average molecular weight is 293 g/mol. The van der Waals surface area contributed by atoms with E-state index in [1.165, 1.54) is 0 Å². The number of ether oxygens (including phenoxy) is 2. The topological polar surface area (TPSA) is 59.8 Å². The van der Waals surface area contributed by atoms with Gasteiger partial charge in [-0.25, -0.2) is 0 Å². The summed E-state index contributed by atoms with van der Waals surface area (Å²) in [6.45, 7) is 9.66. The Morgan fingerprint density at radius 3 is 2.95 bits per heavy atom. The van der Waals surface area contributed by atoms with Crippen molar-refractivity contribution in [1.82, 2.24) is 10.3 Å². The molecule has 1 aromatic rings. The van der Waals surface area contributed by atoms with E-state index < -0.39 is 0 Å². The van der Waals surface area contributed by atoms with E-state index in [4.69, 9.17) is 15.3 Å². The minimum Gasteiger partial charge on any atom is -0.494 e. The quantitative estimate of drug-likeness (QED) is 0.617. The van der Waals surface area contributed by atoms with Crippen molar-refractivity contribution in [3.8, 4) is 5.75 Å². The van der Waals surface area contributed by atoms with Crippen LogP contribution in [0.2, 0.25) is 0 Å². The molecule has 1 fully saturated rings. The fourth-order valence-electron chi connectivity index (χ4n) is 2.75. The minimum atomic E-state index is -0.0352. The monoisotopic (exact) mass is 293 g/mol. The Kier molecular flexibility index (Phi) is 5.99. The van der Waals surface area contributed by atoms with Crippen molar-refractivity contribution in [2.75, 3.05) is 26.3 Å². The van der Waals surface area contributed by atoms with Crippen LogP contribution in [0.3, 0.4) is 0 Å². The number of morpholine rings is 1. The van der Waals surface area contributed by atoms with Gasteiger partial charge in [0.2, 0.25) is 0 Å². The Morgan fingerprint density at radius 2 is 2.29 bits per heavy atom. The highest BCUT2D eigenvalue weighted by molar-refractivity contribution is 5.31. The van der Waals surface area contributed by atoms with Gasteiger partial charge < -0.3 is 9.47 Å². The van der Waals surface area contributed by atoms with Crippen molar-refractivity contribution < 1.29 is 9.47 Å². The van der Waals surface area contributed by atoms with Gasteiger partial charge in [0.1, 0.15) is 5.75 Å². The van der Waals surface area contributed by atoms with E-state index in [1.807, 2.05) is 25.1 Å². The van der Waals surface area contributed by atoms with Gasteiger partial charge in [-0.2, -0.15) is 0 Å². The molecule has 0 bridgehead atoms. The lowest BCUT2D eigenvalue weighted by Gasteiger charge is -2.38. The zero-order valence-corrected chi connectivity index (χ0v) is 13.2. The standard InChI is InChI=1S/C16H27N3O2/c1-4-20-14-7-5-6-13(10-14)16(18-17)15-11-19(12(2)3)8-9-21-15/h5-7,10,12,15-16,18H,4,8-9,11,17H2,1-3H3. The van der Waals surface area contributed by atoms with Gasteiger partial charge in [-0.05, 0) is 38.5 Å². The largest absolute Gasteiger partial charge is 0.494 e. The summed E-state index contributed by atoms with van der Waals surface area (Å²) >= 11 is 0. The lowest BCUT2D eigenvalue weighted by atomic mass is 10.00. The highest BCUT2D eigenvalue weighted by Gasteiger charge is 2.29. The average Bonchev–Trinajstić information content (AvgIpc) is 2.49. The predicted octanol–water partition coefficient (Wildman–Crippen LogP) is 1.70. The van der Waals surface area contributed by atoms with E-state index >= 15 is 0 Å². The second-order valence-corrected chi connectivity index (χ2v) is 5.65. The SMILES string of the molecule is CCOc1cccc(C(NN)C2CN(C(C)C)CCO2)c1. The van der Waals surface area contributed by atoms with Gasteiger partial charge in [-0.1, -0.05) is 12.1 Å². The van der Waals surface area contributed by atoms with Gasteiger partial charge in [0.15, 0.2) is 0 Å². The molecule has 1 aromatic carbocycles. The van der Waals surface area contributed by atoms with Crippen molar-refractivity contribution in [2.24, 2.45) is 5.84 Å². The molecule has 2 atom stereocenters. The highest BCUT2D eigenvalue weighted by atomic mass is 16.5. The van der Waals surface area contributed by atoms with Crippen LogP contribution in [-0.2, 0) is 4.74 Å². The van der Waals surface area contributed by atoms with Gasteiger partial charge in [0.05, 0.1) is 25.4 Å². The van der Waals surface area contributed by atoms with Gasteiger partial charge in [-0.3, -0.25) is 16.2 Å². The van der Waals surface area contributed by atoms with Crippen LogP contribution < -0.4 is 16.0 Å². The summed E-state index contributed by atoms with van der Waals surface area (Å²) in [5.74, 6) is 6.66. The number of nitrogens with one attached hydrogen (secondary N) is 1. The molecule has 0 spiro atoms. The Morgan fingerprint density at radius 1 is 1.48 bits per heavy atom. The lowest BCUT2D eigenvalue weighted by Crippen LogP contribution is -2.51. The van der Waals surface area contributed by atoms with E-state index in [-0.39, 0.29) is 12.1 Å². The van der Waals surface area contributed by atoms with E-state index in [0.29, 0.717) is 12.6 Å². The number of benzene rings is 1. The first kappa shape index (κ1) is 16.2. The van der Waals surface area contributed by atoms with Crippen molar-refractivity contribution in [3.63, 3.8) is 0 Å². The van der Waals surface area contributed by atoms with E-state index in [9.17, 15) is 0 Å². The predicted molar refractivity (Wildman–Crippen MR) is 84.1 cm³/mol. The van der Waals surface area contributed by atoms with Crippen LogP contribution >= 0.6 is 0 Å². The molecule has 1 aliphatic rings. The molecule has 1 saturated heterocycles. The molecule has 1 heterocycles. The number of hydrazine groups is 1.